The van der Waals surface area contributed by atoms with Crippen LogP contribution >= 0.6 is 0 Å². The van der Waals surface area contributed by atoms with Gasteiger partial charge in [0.05, 0.1) is 12.1 Å². The fraction of sp³-hybridized carbons (Fsp3) is 0.381. The quantitative estimate of drug-likeness (QED) is 0.282. The lowest BCUT2D eigenvalue weighted by atomic mass is 10.1. The van der Waals surface area contributed by atoms with Gasteiger partial charge in [0, 0.05) is 30.5 Å². The number of carbonyl (C=O) groups is 3. The van der Waals surface area contributed by atoms with Gasteiger partial charge < -0.3 is 36.2 Å². The van der Waals surface area contributed by atoms with E-state index in [2.05, 4.69) is 31.2 Å². The number of nitrogens with one attached hydrogen (secondary N) is 4. The fourth-order valence-electron chi connectivity index (χ4n) is 2.54. The first-order valence-corrected chi connectivity index (χ1v) is 10.1. The molecule has 0 bridgehead atoms. The number of phenols is 1. The number of hydrogen-bond donors (Lipinski definition) is 6. The second-order valence-electron chi connectivity index (χ2n) is 7.98. The van der Waals surface area contributed by atoms with Gasteiger partial charge in [0.2, 0.25) is 5.95 Å². The molecule has 1 heterocycles. The van der Waals surface area contributed by atoms with E-state index >= 15 is 0 Å². The fourth-order valence-corrected chi connectivity index (χ4v) is 2.54. The zero-order chi connectivity index (χ0) is 24.4. The Labute approximate surface area is 190 Å². The predicted octanol–water partition coefficient (Wildman–Crippen LogP) is 0.954. The van der Waals surface area contributed by atoms with Gasteiger partial charge in [-0.15, -0.1) is 0 Å². The van der Waals surface area contributed by atoms with Gasteiger partial charge in [-0.25, -0.2) is 19.6 Å². The molecule has 33 heavy (non-hydrogen) atoms. The van der Waals surface area contributed by atoms with Crippen LogP contribution in [0, 0.1) is 0 Å². The van der Waals surface area contributed by atoms with Crippen LogP contribution in [0.2, 0.25) is 0 Å². The molecule has 1 aromatic carbocycles. The number of hydrogen-bond acceptors (Lipinski definition) is 8. The molecule has 2 rings (SSSR count). The zero-order valence-corrected chi connectivity index (χ0v) is 18.6. The minimum atomic E-state index is -1.36. The second kappa shape index (κ2) is 11.5. The number of nitrogens with zero attached hydrogens (tertiary/aromatic N) is 2. The molecule has 6 N–H and O–H groups in total. The van der Waals surface area contributed by atoms with E-state index in [9.17, 15) is 24.6 Å². The highest BCUT2D eigenvalue weighted by Gasteiger charge is 2.23. The van der Waals surface area contributed by atoms with Gasteiger partial charge >= 0.3 is 12.0 Å². The van der Waals surface area contributed by atoms with E-state index in [1.165, 1.54) is 18.2 Å². The number of carbonyl (C=O) groups excluding carboxylic acids is 2. The number of rotatable bonds is 10. The molecule has 0 aliphatic carbocycles. The summed E-state index contributed by atoms with van der Waals surface area (Å²) >= 11 is 0. The van der Waals surface area contributed by atoms with Gasteiger partial charge in [0.15, 0.2) is 0 Å². The smallest absolute Gasteiger partial charge is 0.328 e. The van der Waals surface area contributed by atoms with E-state index in [0.717, 1.165) is 0 Å². The Morgan fingerprint density at radius 1 is 1.15 bits per heavy atom. The number of anilines is 1. The minimum Gasteiger partial charge on any atom is -0.507 e. The molecule has 1 aromatic heterocycles. The van der Waals surface area contributed by atoms with Crippen LogP contribution in [0.15, 0.2) is 36.7 Å². The highest BCUT2D eigenvalue weighted by molar-refractivity contribution is 5.97. The molecule has 0 unspecified atom stereocenters. The van der Waals surface area contributed by atoms with Gasteiger partial charge in [-0.05, 0) is 39.0 Å². The van der Waals surface area contributed by atoms with E-state index < -0.39 is 29.5 Å². The maximum absolute atomic E-state index is 12.4. The number of phenolic OH excluding ortho intramolecular Hbond substituents is 1. The first kappa shape index (κ1) is 25.2. The Morgan fingerprint density at radius 2 is 1.85 bits per heavy atom. The van der Waals surface area contributed by atoms with Crippen molar-refractivity contribution in [1.82, 2.24) is 25.9 Å². The molecule has 1 atom stereocenters. The van der Waals surface area contributed by atoms with Gasteiger partial charge in [0.25, 0.3) is 5.91 Å². The number of carboxylic acids is 1. The maximum Gasteiger partial charge on any atom is 0.328 e. The van der Waals surface area contributed by atoms with Crippen LogP contribution < -0.4 is 26.0 Å². The van der Waals surface area contributed by atoms with Crippen molar-refractivity contribution in [3.8, 4) is 11.5 Å². The molecule has 0 saturated heterocycles. The van der Waals surface area contributed by atoms with Crippen molar-refractivity contribution in [3.63, 3.8) is 0 Å². The summed E-state index contributed by atoms with van der Waals surface area (Å²) in [5.74, 6) is -1.56. The first-order chi connectivity index (χ1) is 15.5. The third-order valence-electron chi connectivity index (χ3n) is 3.99. The molecule has 0 fully saturated rings. The average molecular weight is 460 g/mol. The standard InChI is InChI=1S/C21H28N6O6/c1-21(2,3)27-20(32)26-15(18(30)31)12-25-17(29)14-6-5-13(11-16(14)28)33-10-9-24-19-22-7-4-8-23-19/h4-8,11,15,28H,9-10,12H2,1-3H3,(H,25,29)(H,30,31)(H,22,23,24)(H2,26,27,32)/t15-/m0/s1. The van der Waals surface area contributed by atoms with Crippen molar-refractivity contribution in [2.24, 2.45) is 0 Å². The summed E-state index contributed by atoms with van der Waals surface area (Å²) in [5.41, 5.74) is -0.626. The molecule has 178 valence electrons. The van der Waals surface area contributed by atoms with Crippen molar-refractivity contribution in [2.75, 3.05) is 25.0 Å². The molecule has 3 amide bonds. The summed E-state index contributed by atoms with van der Waals surface area (Å²) in [6.45, 7) is 5.53. The Kier molecular flexibility index (Phi) is 8.78. The van der Waals surface area contributed by atoms with Crippen molar-refractivity contribution >= 4 is 23.9 Å². The predicted molar refractivity (Wildman–Crippen MR) is 119 cm³/mol. The van der Waals surface area contributed by atoms with Gasteiger partial charge in [-0.3, -0.25) is 4.79 Å². The van der Waals surface area contributed by atoms with Crippen LogP contribution in [0.4, 0.5) is 10.7 Å². The van der Waals surface area contributed by atoms with E-state index in [0.29, 0.717) is 18.2 Å². The lowest BCUT2D eigenvalue weighted by Crippen LogP contribution is -2.54. The number of carboxylic acid groups (broad SMARTS) is 1. The van der Waals surface area contributed by atoms with E-state index in [4.69, 9.17) is 4.74 Å². The highest BCUT2D eigenvalue weighted by atomic mass is 16.5. The van der Waals surface area contributed by atoms with Crippen LogP contribution in [0.3, 0.4) is 0 Å². The Hall–Kier alpha value is -4.09. The number of urea groups is 1. The van der Waals surface area contributed by atoms with E-state index in [1.807, 2.05) is 0 Å². The van der Waals surface area contributed by atoms with E-state index in [1.54, 1.807) is 39.2 Å². The normalized spacial score (nSPS) is 11.7. The molecule has 12 nitrogen and oxygen atoms in total. The van der Waals surface area contributed by atoms with Crippen molar-refractivity contribution in [1.29, 1.82) is 0 Å². The molecular formula is C21H28N6O6. The van der Waals surface area contributed by atoms with Crippen molar-refractivity contribution < 1.29 is 29.3 Å². The number of amides is 3. The highest BCUT2D eigenvalue weighted by Crippen LogP contribution is 2.23. The van der Waals surface area contributed by atoms with Crippen molar-refractivity contribution in [2.45, 2.75) is 32.4 Å². The van der Waals surface area contributed by atoms with Gasteiger partial charge in [-0.1, -0.05) is 0 Å². The molecule has 0 radical (unpaired) electrons. The number of benzene rings is 1. The van der Waals surface area contributed by atoms with Gasteiger partial charge in [-0.2, -0.15) is 0 Å². The topological polar surface area (TPSA) is 175 Å². The summed E-state index contributed by atoms with van der Waals surface area (Å²) in [7, 11) is 0. The summed E-state index contributed by atoms with van der Waals surface area (Å²) in [4.78, 5) is 43.7. The average Bonchev–Trinajstić information content (AvgIpc) is 2.73. The second-order valence-corrected chi connectivity index (χ2v) is 7.98. The molecule has 0 aliphatic rings. The van der Waals surface area contributed by atoms with Gasteiger partial charge in [0.1, 0.15) is 24.1 Å². The summed E-state index contributed by atoms with van der Waals surface area (Å²) < 4.78 is 5.51. The van der Waals surface area contributed by atoms with Crippen LogP contribution in [-0.4, -0.2) is 69.4 Å². The Balaban J connectivity index is 1.85. The molecule has 0 aliphatic heterocycles. The third kappa shape index (κ3) is 8.89. The zero-order valence-electron chi connectivity index (χ0n) is 18.6. The molecule has 12 heteroatoms. The number of aliphatic carboxylic acids is 1. The third-order valence-corrected chi connectivity index (χ3v) is 3.99. The number of aromatic nitrogens is 2. The summed E-state index contributed by atoms with van der Waals surface area (Å²) in [6, 6.07) is 3.78. The Bertz CT molecular complexity index is 963. The largest absolute Gasteiger partial charge is 0.507 e. The molecule has 2 aromatic rings. The van der Waals surface area contributed by atoms with Crippen LogP contribution in [0.25, 0.3) is 0 Å². The number of ether oxygens (including phenoxy) is 1. The number of aromatic hydroxyl groups is 1. The maximum atomic E-state index is 12.4. The minimum absolute atomic E-state index is 0.0681. The summed E-state index contributed by atoms with van der Waals surface area (Å²) in [5, 5.41) is 29.7. The van der Waals surface area contributed by atoms with Crippen LogP contribution in [-0.2, 0) is 4.79 Å². The monoisotopic (exact) mass is 460 g/mol. The lowest BCUT2D eigenvalue weighted by molar-refractivity contribution is -0.139. The SMILES string of the molecule is CC(C)(C)NC(=O)N[C@@H](CNC(=O)c1ccc(OCCNc2ncccn2)cc1O)C(=O)O. The first-order valence-electron chi connectivity index (χ1n) is 10.1. The molecule has 0 saturated carbocycles. The van der Waals surface area contributed by atoms with E-state index in [-0.39, 0.29) is 24.5 Å². The van der Waals surface area contributed by atoms with Crippen LogP contribution in [0.5, 0.6) is 11.5 Å². The molecule has 0 spiro atoms. The van der Waals surface area contributed by atoms with Crippen LogP contribution in [0.1, 0.15) is 31.1 Å². The lowest BCUT2D eigenvalue weighted by Gasteiger charge is -2.23. The van der Waals surface area contributed by atoms with Crippen molar-refractivity contribution in [3.05, 3.63) is 42.2 Å². The molecular weight excluding hydrogens is 432 g/mol. The summed E-state index contributed by atoms with van der Waals surface area (Å²) in [6.07, 6.45) is 3.21. The Morgan fingerprint density at radius 3 is 2.45 bits per heavy atom.